The number of esters is 1. The monoisotopic (exact) mass is 1040 g/mol. The molecule has 0 fully saturated rings. The molecule has 0 aliphatic carbocycles. The number of aliphatic hydroxyl groups excluding tert-OH is 1. The SMILES string of the molecule is CCCCCCOc1cc(C=Cc2ccc(N(C)CCOC(=O)c3ccc(-c4nc(C(Cl)(Cl)Cl)nc(C(Cl)(Cl)Cl)n4)cc3)cc2)c(OCCCCCC)cc1C=Cc1ccc(N(C)CCO)cc1. The van der Waals surface area contributed by atoms with Gasteiger partial charge in [-0.2, -0.15) is 0 Å². The minimum absolute atomic E-state index is 0.0890. The maximum Gasteiger partial charge on any atom is 0.338 e. The number of hydrogen-bond donors (Lipinski definition) is 1. The number of aliphatic hydroxyl groups is 1. The van der Waals surface area contributed by atoms with Crippen LogP contribution in [0, 0.1) is 0 Å². The first-order valence-electron chi connectivity index (χ1n) is 22.8. The smallest absolute Gasteiger partial charge is 0.338 e. The highest BCUT2D eigenvalue weighted by molar-refractivity contribution is 6.67. The largest absolute Gasteiger partial charge is 0.493 e. The first-order chi connectivity index (χ1) is 32.6. The summed E-state index contributed by atoms with van der Waals surface area (Å²) in [5, 5.41) is 9.36. The number of unbranched alkanes of at least 4 members (excludes halogenated alkanes) is 6. The Morgan fingerprint density at radius 1 is 0.588 bits per heavy atom. The number of carbonyl (C=O) groups excluding carboxylic acids is 1. The Morgan fingerprint density at radius 3 is 1.47 bits per heavy atom. The molecule has 5 rings (SSSR count). The molecule has 1 N–H and O–H groups in total. The second kappa shape index (κ2) is 27.2. The van der Waals surface area contributed by atoms with Crippen molar-refractivity contribution in [2.75, 3.05) is 63.4 Å². The zero-order valence-corrected chi connectivity index (χ0v) is 43.4. The lowest BCUT2D eigenvalue weighted by atomic mass is 10.0. The molecule has 0 aliphatic rings. The minimum atomic E-state index is -2.00. The van der Waals surface area contributed by atoms with E-state index in [4.69, 9.17) is 83.8 Å². The van der Waals surface area contributed by atoms with Crippen LogP contribution >= 0.6 is 69.6 Å². The van der Waals surface area contributed by atoms with E-state index >= 15 is 0 Å². The van der Waals surface area contributed by atoms with Gasteiger partial charge in [0.2, 0.25) is 7.59 Å². The van der Waals surface area contributed by atoms with Crippen molar-refractivity contribution in [1.29, 1.82) is 0 Å². The van der Waals surface area contributed by atoms with Crippen LogP contribution in [0.3, 0.4) is 0 Å². The summed E-state index contributed by atoms with van der Waals surface area (Å²) in [7, 11) is 3.91. The van der Waals surface area contributed by atoms with Crippen molar-refractivity contribution in [2.45, 2.75) is 72.8 Å². The van der Waals surface area contributed by atoms with Gasteiger partial charge in [-0.15, -0.1) is 0 Å². The Bertz CT molecular complexity index is 2370. The van der Waals surface area contributed by atoms with Gasteiger partial charge in [0.1, 0.15) is 18.1 Å². The average Bonchev–Trinajstić information content (AvgIpc) is 3.32. The predicted molar refractivity (Wildman–Crippen MR) is 284 cm³/mol. The zero-order valence-electron chi connectivity index (χ0n) is 38.9. The summed E-state index contributed by atoms with van der Waals surface area (Å²) in [6.45, 7) is 6.94. The van der Waals surface area contributed by atoms with Crippen LogP contribution in [0.2, 0.25) is 0 Å². The molecule has 0 saturated heterocycles. The molecule has 0 saturated carbocycles. The number of aromatic nitrogens is 3. The van der Waals surface area contributed by atoms with Crippen LogP contribution in [0.4, 0.5) is 11.4 Å². The molecule has 10 nitrogen and oxygen atoms in total. The maximum atomic E-state index is 13.0. The number of likely N-dealkylation sites (N-methyl/N-ethyl adjacent to an activating group) is 2. The second-order valence-corrected chi connectivity index (χ2v) is 20.7. The van der Waals surface area contributed by atoms with Crippen molar-refractivity contribution < 1.29 is 24.1 Å². The molecule has 68 heavy (non-hydrogen) atoms. The summed E-state index contributed by atoms with van der Waals surface area (Å²) in [6.07, 6.45) is 17.2. The molecule has 5 aromatic rings. The molecule has 0 aliphatic heterocycles. The van der Waals surface area contributed by atoms with E-state index in [1.165, 1.54) is 12.8 Å². The summed E-state index contributed by atoms with van der Waals surface area (Å²) < 4.78 is 14.6. The van der Waals surface area contributed by atoms with Crippen LogP contribution in [0.25, 0.3) is 35.7 Å². The van der Waals surface area contributed by atoms with E-state index in [0.29, 0.717) is 37.4 Å². The third kappa shape index (κ3) is 17.3. The molecule has 0 radical (unpaired) electrons. The molecule has 0 amide bonds. The Kier molecular flexibility index (Phi) is 21.9. The topological polar surface area (TPSA) is 110 Å². The molecule has 0 spiro atoms. The van der Waals surface area contributed by atoms with E-state index in [2.05, 4.69) is 102 Å². The fraction of sp³-hybridized carbons (Fsp3) is 0.385. The number of carbonyl (C=O) groups is 1. The first-order valence-corrected chi connectivity index (χ1v) is 25.1. The third-order valence-electron chi connectivity index (χ3n) is 10.8. The van der Waals surface area contributed by atoms with Crippen molar-refractivity contribution in [3.63, 3.8) is 0 Å². The highest BCUT2D eigenvalue weighted by Crippen LogP contribution is 2.41. The predicted octanol–water partition coefficient (Wildman–Crippen LogP) is 14.2. The van der Waals surface area contributed by atoms with Crippen LogP contribution in [0.5, 0.6) is 11.5 Å². The standard InChI is InChI=1S/C52H59Cl6N5O5/c1-5-7-9-11-32-66-45-36-42(46(67-33-12-10-8-6-2)35-41(45)19-13-37-15-25-43(26-16-37)62(3)29-31-64)20-14-38-17-27-44(28-18-38)63(4)30-34-68-48(65)40-23-21-39(22-24-40)47-59-49(51(53,54)55)61-50(60-47)52(56,57)58/h13-28,35-36,64H,5-12,29-34H2,1-4H3. The van der Waals surface area contributed by atoms with Gasteiger partial charge in [-0.3, -0.25) is 0 Å². The minimum Gasteiger partial charge on any atom is -0.493 e. The molecule has 16 heteroatoms. The van der Waals surface area contributed by atoms with Gasteiger partial charge >= 0.3 is 5.97 Å². The summed E-state index contributed by atoms with van der Waals surface area (Å²) in [5.74, 6) is 0.748. The van der Waals surface area contributed by atoms with Gasteiger partial charge in [0, 0.05) is 48.7 Å². The highest BCUT2D eigenvalue weighted by atomic mass is 35.6. The normalized spacial score (nSPS) is 11.9. The maximum absolute atomic E-state index is 13.0. The fourth-order valence-corrected chi connectivity index (χ4v) is 7.36. The van der Waals surface area contributed by atoms with Gasteiger partial charge in [0.15, 0.2) is 17.5 Å². The van der Waals surface area contributed by atoms with E-state index in [9.17, 15) is 9.90 Å². The van der Waals surface area contributed by atoms with Crippen molar-refractivity contribution in [3.05, 3.63) is 124 Å². The summed E-state index contributed by atoms with van der Waals surface area (Å²) in [5.41, 5.74) is 6.74. The third-order valence-corrected chi connectivity index (χ3v) is 11.9. The Hall–Kier alpha value is -4.26. The molecule has 4 aromatic carbocycles. The molecule has 0 atom stereocenters. The zero-order chi connectivity index (χ0) is 49.1. The molecular formula is C52H59Cl6N5O5. The average molecular weight is 1050 g/mol. The van der Waals surface area contributed by atoms with Gasteiger partial charge in [0.05, 0.1) is 31.9 Å². The highest BCUT2D eigenvalue weighted by Gasteiger charge is 2.34. The second-order valence-electron chi connectivity index (χ2n) is 16.2. The lowest BCUT2D eigenvalue weighted by molar-refractivity contribution is 0.0516. The number of halogens is 6. The lowest BCUT2D eigenvalue weighted by Gasteiger charge is -2.19. The number of alkyl halides is 6. The van der Waals surface area contributed by atoms with Crippen molar-refractivity contribution in [3.8, 4) is 22.9 Å². The van der Waals surface area contributed by atoms with E-state index in [1.807, 2.05) is 36.0 Å². The number of nitrogens with zero attached hydrogens (tertiary/aromatic N) is 5. The van der Waals surface area contributed by atoms with Crippen LogP contribution in [-0.2, 0) is 12.3 Å². The van der Waals surface area contributed by atoms with Crippen LogP contribution < -0.4 is 19.3 Å². The summed E-state index contributed by atoms with van der Waals surface area (Å²) in [6, 6.07) is 27.0. The van der Waals surface area contributed by atoms with Gasteiger partial charge in [-0.25, -0.2) is 19.7 Å². The lowest BCUT2D eigenvalue weighted by Crippen LogP contribution is -2.23. The Labute approximate surface area is 431 Å². The summed E-state index contributed by atoms with van der Waals surface area (Å²) >= 11 is 36.1. The number of benzene rings is 4. The van der Waals surface area contributed by atoms with Crippen molar-refractivity contribution in [2.24, 2.45) is 0 Å². The van der Waals surface area contributed by atoms with Gasteiger partial charge < -0.3 is 29.1 Å². The van der Waals surface area contributed by atoms with Crippen molar-refractivity contribution >= 4 is 111 Å². The first kappa shape index (κ1) is 54.7. The molecule has 0 bridgehead atoms. The van der Waals surface area contributed by atoms with Gasteiger partial charge in [-0.1, -0.05) is 183 Å². The molecule has 364 valence electrons. The number of ether oxygens (including phenoxy) is 3. The molecule has 1 heterocycles. The molecule has 0 unspecified atom stereocenters. The summed E-state index contributed by atoms with van der Waals surface area (Å²) in [4.78, 5) is 29.4. The Morgan fingerprint density at radius 2 is 1.04 bits per heavy atom. The van der Waals surface area contributed by atoms with Crippen LogP contribution in [0.1, 0.15) is 109 Å². The fourth-order valence-electron chi connectivity index (χ4n) is 6.86. The van der Waals surface area contributed by atoms with Crippen molar-refractivity contribution in [1.82, 2.24) is 15.0 Å². The molecule has 1 aromatic heterocycles. The van der Waals surface area contributed by atoms with Crippen LogP contribution in [-0.4, -0.2) is 79.6 Å². The van der Waals surface area contributed by atoms with E-state index in [1.54, 1.807) is 24.3 Å². The van der Waals surface area contributed by atoms with Gasteiger partial charge in [0.25, 0.3) is 0 Å². The number of anilines is 2. The van der Waals surface area contributed by atoms with Crippen LogP contribution in [0.15, 0.2) is 84.9 Å². The van der Waals surface area contributed by atoms with E-state index in [-0.39, 0.29) is 30.7 Å². The Balaban J connectivity index is 1.26. The number of rotatable bonds is 25. The van der Waals surface area contributed by atoms with E-state index in [0.717, 1.165) is 83.7 Å². The quantitative estimate of drug-likeness (QED) is 0.0263. The van der Waals surface area contributed by atoms with Gasteiger partial charge in [-0.05, 0) is 72.5 Å². The van der Waals surface area contributed by atoms with E-state index < -0.39 is 13.6 Å². The molecular weight excluding hydrogens is 987 g/mol. The number of hydrogen-bond acceptors (Lipinski definition) is 10.